The van der Waals surface area contributed by atoms with E-state index in [2.05, 4.69) is 36.6 Å². The van der Waals surface area contributed by atoms with Gasteiger partial charge in [0.25, 0.3) is 0 Å². The Balaban J connectivity index is 1.54. The van der Waals surface area contributed by atoms with Gasteiger partial charge in [0.2, 0.25) is 11.8 Å². The second-order valence-electron chi connectivity index (χ2n) is 7.30. The van der Waals surface area contributed by atoms with Crippen molar-refractivity contribution in [2.24, 2.45) is 0 Å². The summed E-state index contributed by atoms with van der Waals surface area (Å²) in [4.78, 5) is 30.2. The maximum absolute atomic E-state index is 12.4. The molecule has 3 rings (SSSR count). The molecular formula is C18H23BrN6O4S. The Bertz CT molecular complexity index is 1040. The number of sulfone groups is 1. The van der Waals surface area contributed by atoms with Crippen molar-refractivity contribution in [2.45, 2.75) is 19.4 Å². The van der Waals surface area contributed by atoms with Gasteiger partial charge < -0.3 is 10.6 Å². The molecule has 0 spiro atoms. The number of halogens is 1. The smallest absolute Gasteiger partial charge is 0.239 e. The molecule has 12 heteroatoms. The minimum Gasteiger partial charge on any atom is -0.310 e. The lowest BCUT2D eigenvalue weighted by atomic mass is 10.3. The van der Waals surface area contributed by atoms with Gasteiger partial charge in [-0.2, -0.15) is 5.10 Å². The van der Waals surface area contributed by atoms with E-state index in [4.69, 9.17) is 0 Å². The summed E-state index contributed by atoms with van der Waals surface area (Å²) in [6.45, 7) is 1.76. The molecule has 2 aromatic rings. The number of rotatable bonds is 7. The molecule has 0 saturated carbocycles. The molecular weight excluding hydrogens is 476 g/mol. The van der Waals surface area contributed by atoms with E-state index in [0.717, 1.165) is 4.47 Å². The number of aromatic nitrogens is 3. The monoisotopic (exact) mass is 498 g/mol. The lowest BCUT2D eigenvalue weighted by Crippen LogP contribution is -2.36. The molecule has 30 heavy (non-hydrogen) atoms. The third kappa shape index (κ3) is 6.09. The third-order valence-corrected chi connectivity index (χ3v) is 6.72. The van der Waals surface area contributed by atoms with Gasteiger partial charge in [-0.25, -0.2) is 18.1 Å². The molecule has 1 aliphatic heterocycles. The van der Waals surface area contributed by atoms with Gasteiger partial charge in [0.05, 0.1) is 36.3 Å². The molecule has 3 heterocycles. The molecule has 162 valence electrons. The number of amides is 2. The van der Waals surface area contributed by atoms with E-state index in [1.165, 1.54) is 0 Å². The molecule has 2 aromatic heterocycles. The van der Waals surface area contributed by atoms with Crippen molar-refractivity contribution in [1.82, 2.24) is 19.7 Å². The van der Waals surface area contributed by atoms with Crippen LogP contribution in [0.25, 0.3) is 0 Å². The van der Waals surface area contributed by atoms with E-state index in [0.29, 0.717) is 23.8 Å². The number of nitrogens with one attached hydrogen (secondary N) is 2. The summed E-state index contributed by atoms with van der Waals surface area (Å²) in [5.74, 6) is 0.394. The van der Waals surface area contributed by atoms with Crippen molar-refractivity contribution in [3.8, 4) is 0 Å². The molecule has 10 nitrogen and oxygen atoms in total. The standard InChI is InChI=1S/C18H23BrN6O4S/c1-12-7-16(25(23-12)14-5-6-30(28,29)11-14)22-18(27)10-24(2)9-17(26)21-15-4-3-13(19)8-20-15/h3-4,7-8,14H,5-6,9-11H2,1-2H3,(H,22,27)(H,20,21,26). The lowest BCUT2D eigenvalue weighted by Gasteiger charge is -2.17. The summed E-state index contributed by atoms with van der Waals surface area (Å²) in [6.07, 6.45) is 2.05. The summed E-state index contributed by atoms with van der Waals surface area (Å²) in [6, 6.07) is 4.84. The van der Waals surface area contributed by atoms with Crippen LogP contribution in [0.2, 0.25) is 0 Å². The quantitative estimate of drug-likeness (QED) is 0.587. The Hall–Kier alpha value is -2.31. The number of carbonyl (C=O) groups excluding carboxylic acids is 2. The highest BCUT2D eigenvalue weighted by Gasteiger charge is 2.31. The number of nitrogens with zero attached hydrogens (tertiary/aromatic N) is 4. The normalized spacial score (nSPS) is 17.8. The number of aryl methyl sites for hydroxylation is 1. The van der Waals surface area contributed by atoms with Crippen LogP contribution in [0.1, 0.15) is 18.2 Å². The highest BCUT2D eigenvalue weighted by molar-refractivity contribution is 9.10. The van der Waals surface area contributed by atoms with Gasteiger partial charge in [0.1, 0.15) is 11.6 Å². The largest absolute Gasteiger partial charge is 0.310 e. The van der Waals surface area contributed by atoms with Gasteiger partial charge in [-0.3, -0.25) is 14.5 Å². The van der Waals surface area contributed by atoms with Crippen LogP contribution in [0.4, 0.5) is 11.6 Å². The minimum absolute atomic E-state index is 0.00429. The Morgan fingerprint density at radius 3 is 2.57 bits per heavy atom. The zero-order chi connectivity index (χ0) is 21.9. The molecule has 1 atom stereocenters. The summed E-state index contributed by atoms with van der Waals surface area (Å²) >= 11 is 3.28. The molecule has 1 aliphatic rings. The fraction of sp³-hybridized carbons (Fsp3) is 0.444. The van der Waals surface area contributed by atoms with E-state index in [-0.39, 0.29) is 42.5 Å². The van der Waals surface area contributed by atoms with Gasteiger partial charge in [-0.05, 0) is 48.5 Å². The Morgan fingerprint density at radius 1 is 1.27 bits per heavy atom. The SMILES string of the molecule is Cc1cc(NC(=O)CN(C)CC(=O)Nc2ccc(Br)cn2)n(C2CCS(=O)(=O)C2)n1. The van der Waals surface area contributed by atoms with E-state index in [1.54, 1.807) is 47.9 Å². The number of anilines is 2. The number of likely N-dealkylation sites (N-methyl/N-ethyl adjacent to an activating group) is 1. The fourth-order valence-electron chi connectivity index (χ4n) is 3.22. The Kier molecular flexibility index (Phi) is 6.88. The summed E-state index contributed by atoms with van der Waals surface area (Å²) in [5.41, 5.74) is 0.685. The van der Waals surface area contributed by atoms with Crippen molar-refractivity contribution in [1.29, 1.82) is 0 Å². The van der Waals surface area contributed by atoms with E-state index < -0.39 is 9.84 Å². The van der Waals surface area contributed by atoms with Gasteiger partial charge in [-0.15, -0.1) is 0 Å². The van der Waals surface area contributed by atoms with E-state index in [1.807, 2.05) is 0 Å². The average Bonchev–Trinajstić information content (AvgIpc) is 3.18. The molecule has 0 aliphatic carbocycles. The highest BCUT2D eigenvalue weighted by atomic mass is 79.9. The van der Waals surface area contributed by atoms with Crippen LogP contribution in [0.15, 0.2) is 28.9 Å². The summed E-state index contributed by atoms with van der Waals surface area (Å²) in [5, 5.41) is 9.78. The molecule has 2 amide bonds. The van der Waals surface area contributed by atoms with E-state index in [9.17, 15) is 18.0 Å². The zero-order valence-electron chi connectivity index (χ0n) is 16.6. The lowest BCUT2D eigenvalue weighted by molar-refractivity contribution is -0.119. The molecule has 2 N–H and O–H groups in total. The van der Waals surface area contributed by atoms with Crippen LogP contribution in [-0.2, 0) is 19.4 Å². The van der Waals surface area contributed by atoms with Crippen molar-refractivity contribution >= 4 is 49.2 Å². The van der Waals surface area contributed by atoms with Crippen molar-refractivity contribution < 1.29 is 18.0 Å². The number of carbonyl (C=O) groups is 2. The maximum Gasteiger partial charge on any atom is 0.239 e. The third-order valence-electron chi connectivity index (χ3n) is 4.50. The molecule has 0 aromatic carbocycles. The first-order valence-electron chi connectivity index (χ1n) is 9.28. The first kappa shape index (κ1) is 22.4. The second-order valence-corrected chi connectivity index (χ2v) is 10.4. The topological polar surface area (TPSA) is 126 Å². The predicted octanol–water partition coefficient (Wildman–Crippen LogP) is 1.22. The summed E-state index contributed by atoms with van der Waals surface area (Å²) in [7, 11) is -1.42. The Labute approximate surface area is 183 Å². The number of hydrogen-bond acceptors (Lipinski definition) is 7. The van der Waals surface area contributed by atoms with Crippen molar-refractivity contribution in [3.63, 3.8) is 0 Å². The van der Waals surface area contributed by atoms with Gasteiger partial charge in [-0.1, -0.05) is 0 Å². The van der Waals surface area contributed by atoms with Crippen molar-refractivity contribution in [2.75, 3.05) is 42.3 Å². The Morgan fingerprint density at radius 2 is 1.97 bits per heavy atom. The van der Waals surface area contributed by atoms with Gasteiger partial charge in [0.15, 0.2) is 9.84 Å². The molecule has 1 unspecified atom stereocenters. The van der Waals surface area contributed by atoms with Crippen LogP contribution >= 0.6 is 15.9 Å². The van der Waals surface area contributed by atoms with Gasteiger partial charge >= 0.3 is 0 Å². The number of pyridine rings is 1. The molecule has 0 bridgehead atoms. The highest BCUT2D eigenvalue weighted by Crippen LogP contribution is 2.27. The first-order valence-corrected chi connectivity index (χ1v) is 11.9. The van der Waals surface area contributed by atoms with Crippen LogP contribution in [0.3, 0.4) is 0 Å². The average molecular weight is 499 g/mol. The van der Waals surface area contributed by atoms with E-state index >= 15 is 0 Å². The predicted molar refractivity (Wildman–Crippen MR) is 116 cm³/mol. The minimum atomic E-state index is -3.07. The van der Waals surface area contributed by atoms with Crippen LogP contribution in [0.5, 0.6) is 0 Å². The summed E-state index contributed by atoms with van der Waals surface area (Å²) < 4.78 is 25.9. The van der Waals surface area contributed by atoms with Crippen LogP contribution in [-0.4, -0.2) is 71.5 Å². The van der Waals surface area contributed by atoms with Crippen molar-refractivity contribution in [3.05, 3.63) is 34.6 Å². The van der Waals surface area contributed by atoms with Crippen LogP contribution < -0.4 is 10.6 Å². The second kappa shape index (κ2) is 9.23. The van der Waals surface area contributed by atoms with Gasteiger partial charge in [0, 0.05) is 16.7 Å². The van der Waals surface area contributed by atoms with Crippen LogP contribution in [0, 0.1) is 6.92 Å². The number of hydrogen-bond donors (Lipinski definition) is 2. The molecule has 1 saturated heterocycles. The first-order chi connectivity index (χ1) is 14.1. The zero-order valence-corrected chi connectivity index (χ0v) is 19.0. The fourth-order valence-corrected chi connectivity index (χ4v) is 5.14. The molecule has 1 fully saturated rings. The maximum atomic E-state index is 12.4. The molecule has 0 radical (unpaired) electrons.